The monoisotopic (exact) mass is 387 g/mol. The lowest BCUT2D eigenvalue weighted by Crippen LogP contribution is -2.68. The highest BCUT2D eigenvalue weighted by Crippen LogP contribution is 2.52. The maximum Gasteiger partial charge on any atom is 0.223 e. The standard InChI is InChI=1S/C25H29N3O/c1-17-18(19-9-5-7-11-21(19)27(17)4)13-15-25-24(2,3)20-10-6-8-12-22(20)28(25)16-14-23(29)26-25/h5-13,15,17-18H,14,16H2,1-4H3,(H,26,29)/b15-13+/t17-,18+,25+/m1/s1. The minimum absolute atomic E-state index is 0.128. The summed E-state index contributed by atoms with van der Waals surface area (Å²) in [5.74, 6) is 0.425. The number of hydrogen-bond donors (Lipinski definition) is 1. The van der Waals surface area contributed by atoms with Gasteiger partial charge in [-0.1, -0.05) is 56.3 Å². The SMILES string of the molecule is C[C@@H]1[C@H](/C=C/[C@]23NC(=O)CCN2c2ccccc2C3(C)C)c2ccccc2N1C. The molecule has 29 heavy (non-hydrogen) atoms. The maximum atomic E-state index is 12.6. The van der Waals surface area contributed by atoms with Crippen LogP contribution in [0.25, 0.3) is 0 Å². The van der Waals surface area contributed by atoms with Crippen LogP contribution >= 0.6 is 0 Å². The third-order valence-electron chi connectivity index (χ3n) is 7.49. The van der Waals surface area contributed by atoms with Crippen LogP contribution in [0.1, 0.15) is 44.2 Å². The van der Waals surface area contributed by atoms with Gasteiger partial charge in [-0.2, -0.15) is 0 Å². The molecule has 1 amide bonds. The van der Waals surface area contributed by atoms with Crippen molar-refractivity contribution in [3.63, 3.8) is 0 Å². The number of rotatable bonds is 2. The first-order valence-electron chi connectivity index (χ1n) is 10.6. The molecule has 0 unspecified atom stereocenters. The first-order valence-corrected chi connectivity index (χ1v) is 10.6. The van der Waals surface area contributed by atoms with E-state index in [4.69, 9.17) is 0 Å². The van der Waals surface area contributed by atoms with E-state index in [1.165, 1.54) is 22.5 Å². The molecule has 150 valence electrons. The Morgan fingerprint density at radius 1 is 1.07 bits per heavy atom. The first-order chi connectivity index (χ1) is 13.9. The van der Waals surface area contributed by atoms with Gasteiger partial charge in [0.05, 0.1) is 0 Å². The van der Waals surface area contributed by atoms with Gasteiger partial charge in [0.1, 0.15) is 5.66 Å². The van der Waals surface area contributed by atoms with E-state index in [2.05, 4.69) is 104 Å². The molecule has 3 aliphatic heterocycles. The van der Waals surface area contributed by atoms with Crippen LogP contribution in [0.4, 0.5) is 11.4 Å². The smallest absolute Gasteiger partial charge is 0.223 e. The van der Waals surface area contributed by atoms with Crippen molar-refractivity contribution in [2.75, 3.05) is 23.4 Å². The molecule has 1 N–H and O–H groups in total. The van der Waals surface area contributed by atoms with Crippen molar-refractivity contribution in [3.8, 4) is 0 Å². The summed E-state index contributed by atoms with van der Waals surface area (Å²) >= 11 is 0. The van der Waals surface area contributed by atoms with Crippen molar-refractivity contribution in [2.45, 2.75) is 50.2 Å². The Hall–Kier alpha value is -2.75. The third kappa shape index (κ3) is 2.35. The highest BCUT2D eigenvalue weighted by atomic mass is 16.2. The lowest BCUT2D eigenvalue weighted by atomic mass is 9.74. The maximum absolute atomic E-state index is 12.6. The molecule has 0 bridgehead atoms. The minimum Gasteiger partial charge on any atom is -0.371 e. The van der Waals surface area contributed by atoms with Gasteiger partial charge in [-0.05, 0) is 36.3 Å². The van der Waals surface area contributed by atoms with Gasteiger partial charge in [0.25, 0.3) is 0 Å². The van der Waals surface area contributed by atoms with Gasteiger partial charge in [0.15, 0.2) is 0 Å². The summed E-state index contributed by atoms with van der Waals surface area (Å²) in [5, 5.41) is 3.39. The Balaban J connectivity index is 1.61. The summed E-state index contributed by atoms with van der Waals surface area (Å²) in [5.41, 5.74) is 4.41. The minimum atomic E-state index is -0.540. The second-order valence-corrected chi connectivity index (χ2v) is 9.15. The first kappa shape index (κ1) is 18.3. The lowest BCUT2D eigenvalue weighted by Gasteiger charge is -2.49. The predicted octanol–water partition coefficient (Wildman–Crippen LogP) is 4.18. The van der Waals surface area contributed by atoms with Crippen LogP contribution in [0.3, 0.4) is 0 Å². The van der Waals surface area contributed by atoms with E-state index < -0.39 is 5.66 Å². The molecular weight excluding hydrogens is 358 g/mol. The molecule has 4 nitrogen and oxygen atoms in total. The van der Waals surface area contributed by atoms with E-state index in [1.54, 1.807) is 0 Å². The Morgan fingerprint density at radius 2 is 1.76 bits per heavy atom. The second-order valence-electron chi connectivity index (χ2n) is 9.15. The van der Waals surface area contributed by atoms with E-state index in [0.717, 1.165) is 6.54 Å². The third-order valence-corrected chi connectivity index (χ3v) is 7.49. The topological polar surface area (TPSA) is 35.6 Å². The molecule has 3 heterocycles. The average molecular weight is 388 g/mol. The molecule has 5 rings (SSSR count). The second kappa shape index (κ2) is 6.12. The number of fused-ring (bicyclic) bond motifs is 4. The fourth-order valence-corrected chi connectivity index (χ4v) is 5.64. The van der Waals surface area contributed by atoms with Crippen molar-refractivity contribution in [3.05, 3.63) is 71.8 Å². The van der Waals surface area contributed by atoms with Crippen molar-refractivity contribution in [2.24, 2.45) is 0 Å². The molecule has 1 fully saturated rings. The van der Waals surface area contributed by atoms with Crippen molar-refractivity contribution in [1.82, 2.24) is 5.32 Å². The van der Waals surface area contributed by atoms with Crippen LogP contribution in [0.15, 0.2) is 60.7 Å². The van der Waals surface area contributed by atoms with Gasteiger partial charge in [0, 0.05) is 48.8 Å². The van der Waals surface area contributed by atoms with Gasteiger partial charge in [0.2, 0.25) is 5.91 Å². The summed E-state index contributed by atoms with van der Waals surface area (Å²) < 4.78 is 0. The molecule has 0 radical (unpaired) electrons. The van der Waals surface area contributed by atoms with Crippen LogP contribution in [-0.2, 0) is 10.2 Å². The van der Waals surface area contributed by atoms with Gasteiger partial charge in [-0.25, -0.2) is 0 Å². The summed E-state index contributed by atoms with van der Waals surface area (Å²) in [6, 6.07) is 17.6. The molecule has 0 saturated carbocycles. The van der Waals surface area contributed by atoms with Crippen LogP contribution in [-0.4, -0.2) is 31.2 Å². The highest BCUT2D eigenvalue weighted by Gasteiger charge is 2.57. The molecule has 0 spiro atoms. The number of carbonyl (C=O) groups is 1. The van der Waals surface area contributed by atoms with Crippen molar-refractivity contribution >= 4 is 17.3 Å². The van der Waals surface area contributed by atoms with Crippen LogP contribution < -0.4 is 15.1 Å². The van der Waals surface area contributed by atoms with Gasteiger partial charge in [-0.3, -0.25) is 4.79 Å². The zero-order valence-corrected chi connectivity index (χ0v) is 17.6. The molecular formula is C25H29N3O. The van der Waals surface area contributed by atoms with Crippen LogP contribution in [0.5, 0.6) is 0 Å². The Morgan fingerprint density at radius 3 is 2.55 bits per heavy atom. The number of para-hydroxylation sites is 2. The van der Waals surface area contributed by atoms with E-state index in [1.807, 2.05) is 0 Å². The number of carbonyl (C=O) groups excluding carboxylic acids is 1. The van der Waals surface area contributed by atoms with Crippen LogP contribution in [0, 0.1) is 0 Å². The Labute approximate surface area is 173 Å². The number of nitrogens with zero attached hydrogens (tertiary/aromatic N) is 2. The fourth-order valence-electron chi connectivity index (χ4n) is 5.64. The largest absolute Gasteiger partial charge is 0.371 e. The zero-order chi connectivity index (χ0) is 20.4. The number of hydrogen-bond acceptors (Lipinski definition) is 3. The number of benzene rings is 2. The number of amides is 1. The summed E-state index contributed by atoms with van der Waals surface area (Å²) in [7, 11) is 2.17. The summed E-state index contributed by atoms with van der Waals surface area (Å²) in [6.07, 6.45) is 5.14. The lowest BCUT2D eigenvalue weighted by molar-refractivity contribution is -0.124. The molecule has 2 aromatic carbocycles. The Kier molecular flexibility index (Phi) is 3.86. The molecule has 2 aromatic rings. The van der Waals surface area contributed by atoms with Gasteiger partial charge < -0.3 is 15.1 Å². The van der Waals surface area contributed by atoms with Crippen LogP contribution in [0.2, 0.25) is 0 Å². The molecule has 4 heteroatoms. The van der Waals surface area contributed by atoms with Gasteiger partial charge >= 0.3 is 0 Å². The summed E-state index contributed by atoms with van der Waals surface area (Å²) in [6.45, 7) is 7.52. The number of anilines is 2. The van der Waals surface area contributed by atoms with E-state index in [-0.39, 0.29) is 11.3 Å². The van der Waals surface area contributed by atoms with Gasteiger partial charge in [-0.15, -0.1) is 0 Å². The van der Waals surface area contributed by atoms with Crippen molar-refractivity contribution in [1.29, 1.82) is 0 Å². The average Bonchev–Trinajstić information content (AvgIpc) is 3.07. The zero-order valence-electron chi connectivity index (χ0n) is 17.6. The fraction of sp³-hybridized carbons (Fsp3) is 0.400. The Bertz CT molecular complexity index is 1010. The molecule has 1 saturated heterocycles. The number of likely N-dealkylation sites (N-methyl/N-ethyl adjacent to an activating group) is 1. The highest BCUT2D eigenvalue weighted by molar-refractivity contribution is 5.84. The van der Waals surface area contributed by atoms with Crippen molar-refractivity contribution < 1.29 is 4.79 Å². The molecule has 0 aromatic heterocycles. The predicted molar refractivity (Wildman–Crippen MR) is 118 cm³/mol. The number of nitrogens with one attached hydrogen (secondary N) is 1. The molecule has 0 aliphatic carbocycles. The normalized spacial score (nSPS) is 29.6. The van der Waals surface area contributed by atoms with E-state index in [9.17, 15) is 4.79 Å². The van der Waals surface area contributed by atoms with E-state index >= 15 is 0 Å². The van der Waals surface area contributed by atoms with E-state index in [0.29, 0.717) is 18.4 Å². The summed E-state index contributed by atoms with van der Waals surface area (Å²) in [4.78, 5) is 17.3. The molecule has 3 atom stereocenters. The molecule has 3 aliphatic rings. The quantitative estimate of drug-likeness (QED) is 0.786.